The Balaban J connectivity index is 1.76. The molecule has 2 aromatic rings. The average molecular weight is 314 g/mol. The van der Waals surface area contributed by atoms with E-state index in [1.54, 1.807) is 11.3 Å². The summed E-state index contributed by atoms with van der Waals surface area (Å²) in [5.74, 6) is 0. The zero-order valence-corrected chi connectivity index (χ0v) is 13.7. The topological polar surface area (TPSA) is 32.3 Å². The summed E-state index contributed by atoms with van der Waals surface area (Å²) < 4.78 is 0. The molecule has 0 bridgehead atoms. The first-order chi connectivity index (χ1) is 10.7. The zero-order chi connectivity index (χ0) is 15.4. The van der Waals surface area contributed by atoms with Gasteiger partial charge in [-0.3, -0.25) is 0 Å². The quantitative estimate of drug-likeness (QED) is 0.811. The largest absolute Gasteiger partial charge is 0.322 e. The molecule has 0 spiro atoms. The summed E-state index contributed by atoms with van der Waals surface area (Å²) in [7, 11) is 0. The number of carbonyl (C=O) groups excluding carboxylic acids is 1. The highest BCUT2D eigenvalue weighted by Gasteiger charge is 2.27. The van der Waals surface area contributed by atoms with Gasteiger partial charge in [0.05, 0.1) is 6.04 Å². The molecule has 1 atom stereocenters. The molecular weight excluding hydrogens is 292 g/mol. The first kappa shape index (κ1) is 15.1. The predicted octanol–water partition coefficient (Wildman–Crippen LogP) is 5.21. The molecule has 1 aliphatic rings. The van der Waals surface area contributed by atoms with Crippen LogP contribution in [0.25, 0.3) is 0 Å². The summed E-state index contributed by atoms with van der Waals surface area (Å²) in [5, 5.41) is 5.14. The third-order valence-corrected chi connectivity index (χ3v) is 5.16. The molecule has 2 amide bonds. The normalized spacial score (nSPS) is 18.8. The van der Waals surface area contributed by atoms with Crippen LogP contribution in [-0.2, 0) is 0 Å². The van der Waals surface area contributed by atoms with Crippen molar-refractivity contribution in [3.8, 4) is 0 Å². The van der Waals surface area contributed by atoms with Crippen molar-refractivity contribution in [1.82, 2.24) is 4.90 Å². The lowest BCUT2D eigenvalue weighted by Gasteiger charge is -2.29. The first-order valence-corrected chi connectivity index (χ1v) is 8.80. The molecule has 2 heterocycles. The van der Waals surface area contributed by atoms with Gasteiger partial charge in [-0.2, -0.15) is 0 Å². The van der Waals surface area contributed by atoms with Gasteiger partial charge in [-0.05, 0) is 43.3 Å². The van der Waals surface area contributed by atoms with Gasteiger partial charge < -0.3 is 10.2 Å². The van der Waals surface area contributed by atoms with Crippen molar-refractivity contribution in [3.63, 3.8) is 0 Å². The summed E-state index contributed by atoms with van der Waals surface area (Å²) in [6.45, 7) is 2.88. The number of amides is 2. The Bertz CT molecular complexity index is 607. The Morgan fingerprint density at radius 3 is 2.73 bits per heavy atom. The Kier molecular flexibility index (Phi) is 4.78. The number of hydrogen-bond donors (Lipinski definition) is 1. The van der Waals surface area contributed by atoms with Crippen LogP contribution in [0, 0.1) is 6.92 Å². The molecule has 1 saturated heterocycles. The van der Waals surface area contributed by atoms with Gasteiger partial charge in [0.15, 0.2) is 0 Å². The second-order valence-electron chi connectivity index (χ2n) is 5.87. The summed E-state index contributed by atoms with van der Waals surface area (Å²) in [5.41, 5.74) is 2.06. The standard InChI is InChI=1S/C18H22N2OS/c1-14-8-10-15(11-9-14)19-18(21)20-12-4-2-3-6-16(20)17-7-5-13-22-17/h5,7-11,13,16H,2-4,6,12H2,1H3,(H,19,21)/t16-/m1/s1. The molecule has 0 saturated carbocycles. The zero-order valence-electron chi connectivity index (χ0n) is 12.9. The van der Waals surface area contributed by atoms with Crippen molar-refractivity contribution in [1.29, 1.82) is 0 Å². The number of carbonyl (C=O) groups is 1. The summed E-state index contributed by atoms with van der Waals surface area (Å²) in [6, 6.07) is 12.4. The second-order valence-corrected chi connectivity index (χ2v) is 6.85. The molecule has 1 aromatic heterocycles. The molecule has 1 fully saturated rings. The number of nitrogens with one attached hydrogen (secondary N) is 1. The van der Waals surface area contributed by atoms with Gasteiger partial charge in [-0.15, -0.1) is 11.3 Å². The minimum Gasteiger partial charge on any atom is -0.317 e. The Labute approximate surface area is 136 Å². The van der Waals surface area contributed by atoms with E-state index < -0.39 is 0 Å². The molecule has 0 radical (unpaired) electrons. The number of urea groups is 1. The molecule has 0 aliphatic carbocycles. The maximum absolute atomic E-state index is 12.7. The summed E-state index contributed by atoms with van der Waals surface area (Å²) >= 11 is 1.75. The number of thiophene rings is 1. The smallest absolute Gasteiger partial charge is 0.317 e. The molecular formula is C18H22N2OS. The number of anilines is 1. The molecule has 3 nitrogen and oxygen atoms in total. The highest BCUT2D eigenvalue weighted by Crippen LogP contribution is 2.33. The van der Waals surface area contributed by atoms with Gasteiger partial charge >= 0.3 is 6.03 Å². The van der Waals surface area contributed by atoms with Crippen LogP contribution >= 0.6 is 11.3 Å². The third-order valence-electron chi connectivity index (χ3n) is 4.19. The van der Waals surface area contributed by atoms with Crippen molar-refractivity contribution in [2.45, 2.75) is 38.6 Å². The lowest BCUT2D eigenvalue weighted by Crippen LogP contribution is -2.37. The molecule has 1 aromatic carbocycles. The lowest BCUT2D eigenvalue weighted by molar-refractivity contribution is 0.190. The molecule has 0 unspecified atom stereocenters. The van der Waals surface area contributed by atoms with Crippen molar-refractivity contribution in [3.05, 3.63) is 52.2 Å². The SMILES string of the molecule is Cc1ccc(NC(=O)N2CCCCC[C@@H]2c2cccs2)cc1. The fourth-order valence-electron chi connectivity index (χ4n) is 2.96. The second kappa shape index (κ2) is 6.97. The maximum Gasteiger partial charge on any atom is 0.322 e. The van der Waals surface area contributed by atoms with Crippen LogP contribution in [-0.4, -0.2) is 17.5 Å². The third kappa shape index (κ3) is 3.50. The minimum absolute atomic E-state index is 0.0177. The molecule has 1 N–H and O–H groups in total. The van der Waals surface area contributed by atoms with E-state index in [1.165, 1.54) is 23.3 Å². The van der Waals surface area contributed by atoms with Crippen LogP contribution in [0.3, 0.4) is 0 Å². The van der Waals surface area contributed by atoms with E-state index >= 15 is 0 Å². The molecule has 1 aliphatic heterocycles. The number of aryl methyl sites for hydroxylation is 1. The number of rotatable bonds is 2. The monoisotopic (exact) mass is 314 g/mol. The maximum atomic E-state index is 12.7. The first-order valence-electron chi connectivity index (χ1n) is 7.92. The van der Waals surface area contributed by atoms with Crippen LogP contribution in [0.2, 0.25) is 0 Å². The van der Waals surface area contributed by atoms with Crippen LogP contribution in [0.5, 0.6) is 0 Å². The van der Waals surface area contributed by atoms with Crippen LogP contribution < -0.4 is 5.32 Å². The average Bonchev–Trinajstić information content (AvgIpc) is 2.94. The molecule has 4 heteroatoms. The molecule has 3 rings (SSSR count). The fraction of sp³-hybridized carbons (Fsp3) is 0.389. The van der Waals surface area contributed by atoms with E-state index in [1.807, 2.05) is 36.1 Å². The van der Waals surface area contributed by atoms with E-state index in [-0.39, 0.29) is 12.1 Å². The Morgan fingerprint density at radius 1 is 1.18 bits per heavy atom. The van der Waals surface area contributed by atoms with E-state index in [4.69, 9.17) is 0 Å². The van der Waals surface area contributed by atoms with Crippen molar-refractivity contribution in [2.75, 3.05) is 11.9 Å². The van der Waals surface area contributed by atoms with Gasteiger partial charge in [-0.1, -0.05) is 36.6 Å². The van der Waals surface area contributed by atoms with Gasteiger partial charge in [0.2, 0.25) is 0 Å². The number of nitrogens with zero attached hydrogens (tertiary/aromatic N) is 1. The highest BCUT2D eigenvalue weighted by molar-refractivity contribution is 7.10. The van der Waals surface area contributed by atoms with Gasteiger partial charge in [-0.25, -0.2) is 4.79 Å². The Morgan fingerprint density at radius 2 is 2.00 bits per heavy atom. The van der Waals surface area contributed by atoms with Crippen molar-refractivity contribution in [2.24, 2.45) is 0 Å². The van der Waals surface area contributed by atoms with Crippen LogP contribution in [0.4, 0.5) is 10.5 Å². The number of likely N-dealkylation sites (tertiary alicyclic amines) is 1. The van der Waals surface area contributed by atoms with Crippen molar-refractivity contribution >= 4 is 23.1 Å². The summed E-state index contributed by atoms with van der Waals surface area (Å²) in [4.78, 5) is 16.0. The fourth-order valence-corrected chi connectivity index (χ4v) is 3.83. The van der Waals surface area contributed by atoms with E-state index in [2.05, 4.69) is 22.8 Å². The van der Waals surface area contributed by atoms with E-state index in [9.17, 15) is 4.79 Å². The highest BCUT2D eigenvalue weighted by atomic mass is 32.1. The van der Waals surface area contributed by atoms with Gasteiger partial charge in [0, 0.05) is 17.1 Å². The van der Waals surface area contributed by atoms with Gasteiger partial charge in [0.25, 0.3) is 0 Å². The Hall–Kier alpha value is -1.81. The molecule has 22 heavy (non-hydrogen) atoms. The van der Waals surface area contributed by atoms with Gasteiger partial charge in [0.1, 0.15) is 0 Å². The minimum atomic E-state index is 0.0177. The van der Waals surface area contributed by atoms with E-state index in [0.29, 0.717) is 0 Å². The van der Waals surface area contributed by atoms with Crippen LogP contribution in [0.15, 0.2) is 41.8 Å². The summed E-state index contributed by atoms with van der Waals surface area (Å²) in [6.07, 6.45) is 4.54. The lowest BCUT2D eigenvalue weighted by atomic mass is 10.1. The number of hydrogen-bond acceptors (Lipinski definition) is 2. The van der Waals surface area contributed by atoms with E-state index in [0.717, 1.165) is 25.1 Å². The van der Waals surface area contributed by atoms with Crippen LogP contribution in [0.1, 0.15) is 42.2 Å². The number of benzene rings is 1. The molecule has 116 valence electrons. The van der Waals surface area contributed by atoms with Crippen molar-refractivity contribution < 1.29 is 4.79 Å². The predicted molar refractivity (Wildman–Crippen MR) is 92.4 cm³/mol.